The summed E-state index contributed by atoms with van der Waals surface area (Å²) in [6, 6.07) is 0. The van der Waals surface area contributed by atoms with E-state index in [4.69, 9.17) is 0 Å². The second-order valence-electron chi connectivity index (χ2n) is 5.70. The molecule has 2 rings (SSSR count). The van der Waals surface area contributed by atoms with Gasteiger partial charge in [0.25, 0.3) is 0 Å². The standard InChI is InChI=1S/C13H25N.C2H6/c1-3-6-13(11-12-4-5-12)7-9-14(2)10-8-13;1-2/h12H,3-11H2,1-2H3;1-2H3. The Hall–Kier alpha value is -0.0400. The van der Waals surface area contributed by atoms with Gasteiger partial charge in [-0.05, 0) is 57.2 Å². The fourth-order valence-electron chi connectivity index (χ4n) is 3.11. The van der Waals surface area contributed by atoms with Crippen molar-refractivity contribution in [2.45, 2.75) is 65.7 Å². The molecule has 0 aromatic heterocycles. The van der Waals surface area contributed by atoms with Crippen molar-refractivity contribution in [1.29, 1.82) is 0 Å². The highest BCUT2D eigenvalue weighted by Gasteiger charge is 2.37. The molecule has 0 spiro atoms. The molecule has 2 fully saturated rings. The minimum atomic E-state index is 0.752. The molecule has 2 aliphatic rings. The zero-order chi connectivity index (χ0) is 12.0. The van der Waals surface area contributed by atoms with E-state index in [-0.39, 0.29) is 0 Å². The second kappa shape index (κ2) is 6.64. The van der Waals surface area contributed by atoms with E-state index in [0.717, 1.165) is 11.3 Å². The van der Waals surface area contributed by atoms with Crippen LogP contribution in [0.25, 0.3) is 0 Å². The Morgan fingerprint density at radius 2 is 1.69 bits per heavy atom. The Balaban J connectivity index is 0.000000606. The number of hydrogen-bond donors (Lipinski definition) is 0. The van der Waals surface area contributed by atoms with Gasteiger partial charge in [-0.1, -0.05) is 40.0 Å². The first-order valence-electron chi connectivity index (χ1n) is 7.43. The molecule has 1 saturated carbocycles. The van der Waals surface area contributed by atoms with Crippen LogP contribution >= 0.6 is 0 Å². The van der Waals surface area contributed by atoms with Crippen molar-refractivity contribution in [3.63, 3.8) is 0 Å². The van der Waals surface area contributed by atoms with Crippen LogP contribution < -0.4 is 0 Å². The minimum Gasteiger partial charge on any atom is -0.306 e. The molecule has 1 aliphatic heterocycles. The number of likely N-dealkylation sites (tertiary alicyclic amines) is 1. The van der Waals surface area contributed by atoms with Gasteiger partial charge in [0.2, 0.25) is 0 Å². The van der Waals surface area contributed by atoms with E-state index in [1.165, 1.54) is 51.6 Å². The van der Waals surface area contributed by atoms with Crippen LogP contribution in [-0.4, -0.2) is 25.0 Å². The molecule has 1 heteroatoms. The van der Waals surface area contributed by atoms with E-state index in [9.17, 15) is 0 Å². The molecule has 1 nitrogen and oxygen atoms in total. The number of rotatable bonds is 4. The predicted octanol–water partition coefficient (Wildman–Crippen LogP) is 4.32. The Labute approximate surface area is 103 Å². The van der Waals surface area contributed by atoms with Gasteiger partial charge in [-0.25, -0.2) is 0 Å². The van der Waals surface area contributed by atoms with Gasteiger partial charge in [-0.3, -0.25) is 0 Å². The first-order chi connectivity index (χ1) is 7.74. The van der Waals surface area contributed by atoms with Gasteiger partial charge in [0.1, 0.15) is 0 Å². The topological polar surface area (TPSA) is 3.24 Å². The van der Waals surface area contributed by atoms with Gasteiger partial charge in [-0.2, -0.15) is 0 Å². The van der Waals surface area contributed by atoms with Crippen LogP contribution in [0.5, 0.6) is 0 Å². The minimum absolute atomic E-state index is 0.752. The maximum Gasteiger partial charge on any atom is -0.00165 e. The van der Waals surface area contributed by atoms with Crippen LogP contribution in [0.3, 0.4) is 0 Å². The predicted molar refractivity (Wildman–Crippen MR) is 72.8 cm³/mol. The smallest absolute Gasteiger partial charge is 0.00165 e. The largest absolute Gasteiger partial charge is 0.306 e. The van der Waals surface area contributed by atoms with Crippen molar-refractivity contribution >= 4 is 0 Å². The molecule has 1 aliphatic carbocycles. The summed E-state index contributed by atoms with van der Waals surface area (Å²) in [5.41, 5.74) is 0.752. The lowest BCUT2D eigenvalue weighted by Crippen LogP contribution is -2.38. The van der Waals surface area contributed by atoms with Crippen LogP contribution in [0.4, 0.5) is 0 Å². The summed E-state index contributed by atoms with van der Waals surface area (Å²) in [5.74, 6) is 1.12. The molecule has 0 aromatic carbocycles. The molecule has 0 aromatic rings. The van der Waals surface area contributed by atoms with Crippen molar-refractivity contribution < 1.29 is 0 Å². The second-order valence-corrected chi connectivity index (χ2v) is 5.70. The highest BCUT2D eigenvalue weighted by molar-refractivity contribution is 4.90. The Morgan fingerprint density at radius 1 is 1.12 bits per heavy atom. The fourth-order valence-corrected chi connectivity index (χ4v) is 3.11. The monoisotopic (exact) mass is 225 g/mol. The molecule has 0 atom stereocenters. The SMILES string of the molecule is CC.CCCC1(CC2CC2)CCN(C)CC1. The number of piperidine rings is 1. The molecule has 0 bridgehead atoms. The van der Waals surface area contributed by atoms with E-state index in [0.29, 0.717) is 0 Å². The van der Waals surface area contributed by atoms with Crippen molar-refractivity contribution in [2.24, 2.45) is 11.3 Å². The lowest BCUT2D eigenvalue weighted by molar-refractivity contribution is 0.0955. The summed E-state index contributed by atoms with van der Waals surface area (Å²) in [5, 5.41) is 0. The fraction of sp³-hybridized carbons (Fsp3) is 1.00. The van der Waals surface area contributed by atoms with Gasteiger partial charge in [0.15, 0.2) is 0 Å². The summed E-state index contributed by atoms with van der Waals surface area (Å²) < 4.78 is 0. The maximum absolute atomic E-state index is 2.50. The first-order valence-corrected chi connectivity index (χ1v) is 7.43. The van der Waals surface area contributed by atoms with Crippen LogP contribution in [-0.2, 0) is 0 Å². The van der Waals surface area contributed by atoms with Crippen molar-refractivity contribution in [3.8, 4) is 0 Å². The molecule has 0 unspecified atom stereocenters. The van der Waals surface area contributed by atoms with Crippen LogP contribution in [0, 0.1) is 11.3 Å². The summed E-state index contributed by atoms with van der Waals surface area (Å²) in [7, 11) is 2.27. The molecule has 16 heavy (non-hydrogen) atoms. The number of hydrogen-bond acceptors (Lipinski definition) is 1. The number of nitrogens with zero attached hydrogens (tertiary/aromatic N) is 1. The highest BCUT2D eigenvalue weighted by Crippen LogP contribution is 2.47. The molecular formula is C15H31N. The third-order valence-corrected chi connectivity index (χ3v) is 4.25. The maximum atomic E-state index is 2.50. The van der Waals surface area contributed by atoms with Crippen LogP contribution in [0.2, 0.25) is 0 Å². The Bertz CT molecular complexity index is 176. The van der Waals surface area contributed by atoms with Crippen molar-refractivity contribution in [2.75, 3.05) is 20.1 Å². The average molecular weight is 225 g/mol. The molecule has 96 valence electrons. The van der Waals surface area contributed by atoms with Crippen LogP contribution in [0.15, 0.2) is 0 Å². The van der Waals surface area contributed by atoms with E-state index in [1.54, 1.807) is 6.42 Å². The molecule has 0 amide bonds. The molecule has 1 saturated heterocycles. The van der Waals surface area contributed by atoms with Gasteiger partial charge in [0.05, 0.1) is 0 Å². The summed E-state index contributed by atoms with van der Waals surface area (Å²) in [4.78, 5) is 2.50. The van der Waals surface area contributed by atoms with E-state index < -0.39 is 0 Å². The quantitative estimate of drug-likeness (QED) is 0.688. The first kappa shape index (κ1) is 14.0. The zero-order valence-electron chi connectivity index (χ0n) is 11.9. The summed E-state index contributed by atoms with van der Waals surface area (Å²) >= 11 is 0. The normalized spacial score (nSPS) is 24.8. The van der Waals surface area contributed by atoms with E-state index >= 15 is 0 Å². The Morgan fingerprint density at radius 3 is 2.12 bits per heavy atom. The van der Waals surface area contributed by atoms with Gasteiger partial charge in [-0.15, -0.1) is 0 Å². The molecule has 1 heterocycles. The molecule has 0 N–H and O–H groups in total. The van der Waals surface area contributed by atoms with Gasteiger partial charge in [0, 0.05) is 0 Å². The lowest BCUT2D eigenvalue weighted by Gasteiger charge is -2.41. The molecule has 0 radical (unpaired) electrons. The summed E-state index contributed by atoms with van der Waals surface area (Å²) in [6.45, 7) is 9.03. The average Bonchev–Trinajstić information content (AvgIpc) is 3.10. The summed E-state index contributed by atoms with van der Waals surface area (Å²) in [6.07, 6.45) is 10.4. The Kier molecular flexibility index (Phi) is 5.82. The van der Waals surface area contributed by atoms with Crippen molar-refractivity contribution in [3.05, 3.63) is 0 Å². The van der Waals surface area contributed by atoms with E-state index in [1.807, 2.05) is 13.8 Å². The van der Waals surface area contributed by atoms with Gasteiger partial charge < -0.3 is 4.90 Å². The van der Waals surface area contributed by atoms with Gasteiger partial charge >= 0.3 is 0 Å². The highest BCUT2D eigenvalue weighted by atomic mass is 15.1. The van der Waals surface area contributed by atoms with E-state index in [2.05, 4.69) is 18.9 Å². The zero-order valence-corrected chi connectivity index (χ0v) is 11.9. The third-order valence-electron chi connectivity index (χ3n) is 4.25. The lowest BCUT2D eigenvalue weighted by atomic mass is 9.71. The molecular weight excluding hydrogens is 194 g/mol. The van der Waals surface area contributed by atoms with Crippen LogP contribution in [0.1, 0.15) is 65.7 Å². The van der Waals surface area contributed by atoms with Crippen molar-refractivity contribution in [1.82, 2.24) is 4.90 Å². The third kappa shape index (κ3) is 4.08.